The topological polar surface area (TPSA) is 57.6 Å². The molecule has 1 N–H and O–H groups in total. The molecule has 4 nitrogen and oxygen atoms in total. The summed E-state index contributed by atoms with van der Waals surface area (Å²) in [4.78, 5) is 24.7. The van der Waals surface area contributed by atoms with Crippen molar-refractivity contribution in [2.75, 3.05) is 13.6 Å². The minimum atomic E-state index is -1.00. The lowest BCUT2D eigenvalue weighted by Crippen LogP contribution is -2.29. The van der Waals surface area contributed by atoms with Gasteiger partial charge in [0.05, 0.1) is 0 Å². The lowest BCUT2D eigenvalue weighted by Gasteiger charge is -2.19. The average molecular weight is 289 g/mol. The van der Waals surface area contributed by atoms with Crippen molar-refractivity contribution >= 4 is 18.0 Å². The van der Waals surface area contributed by atoms with E-state index in [9.17, 15) is 9.59 Å². The maximum atomic E-state index is 12.5. The minimum absolute atomic E-state index is 0.0290. The van der Waals surface area contributed by atoms with Crippen molar-refractivity contribution in [1.82, 2.24) is 4.90 Å². The summed E-state index contributed by atoms with van der Waals surface area (Å²) in [6.07, 6.45) is 3.52. The number of carbonyl (C=O) groups is 2. The smallest absolute Gasteiger partial charge is 0.328 e. The molecule has 4 heteroatoms. The van der Waals surface area contributed by atoms with Crippen LogP contribution in [0.1, 0.15) is 41.8 Å². The summed E-state index contributed by atoms with van der Waals surface area (Å²) >= 11 is 0. The Kier molecular flexibility index (Phi) is 6.15. The van der Waals surface area contributed by atoms with Gasteiger partial charge in [-0.05, 0) is 42.5 Å². The summed E-state index contributed by atoms with van der Waals surface area (Å²) < 4.78 is 0. The standard InChI is InChI=1S/C17H23NO3/c1-12(2)9-10-18(4)17(21)15-11-14(6-5-13(15)3)7-8-16(19)20/h5-8,11-12H,9-10H2,1-4H3,(H,19,20). The average Bonchev–Trinajstić information content (AvgIpc) is 2.42. The lowest BCUT2D eigenvalue weighted by atomic mass is 10.0. The molecule has 0 spiro atoms. The van der Waals surface area contributed by atoms with Gasteiger partial charge in [-0.2, -0.15) is 0 Å². The molecule has 0 saturated heterocycles. The van der Waals surface area contributed by atoms with Crippen molar-refractivity contribution in [3.8, 4) is 0 Å². The number of benzene rings is 1. The zero-order valence-electron chi connectivity index (χ0n) is 13.1. The number of rotatable bonds is 6. The molecule has 0 aliphatic rings. The Labute approximate surface area is 126 Å². The largest absolute Gasteiger partial charge is 0.478 e. The van der Waals surface area contributed by atoms with Crippen LogP contribution in [0.4, 0.5) is 0 Å². The molecule has 0 radical (unpaired) electrons. The van der Waals surface area contributed by atoms with Crippen molar-refractivity contribution in [3.05, 3.63) is 41.0 Å². The summed E-state index contributed by atoms with van der Waals surface area (Å²) in [6, 6.07) is 5.38. The second-order valence-corrected chi connectivity index (χ2v) is 5.66. The Morgan fingerprint density at radius 1 is 1.33 bits per heavy atom. The van der Waals surface area contributed by atoms with Crippen LogP contribution in [0.2, 0.25) is 0 Å². The zero-order chi connectivity index (χ0) is 16.0. The van der Waals surface area contributed by atoms with Crippen molar-refractivity contribution in [1.29, 1.82) is 0 Å². The van der Waals surface area contributed by atoms with Crippen LogP contribution >= 0.6 is 0 Å². The molecule has 0 aliphatic carbocycles. The lowest BCUT2D eigenvalue weighted by molar-refractivity contribution is -0.131. The van der Waals surface area contributed by atoms with Gasteiger partial charge in [0.25, 0.3) is 5.91 Å². The molecule has 0 saturated carbocycles. The van der Waals surface area contributed by atoms with E-state index in [1.54, 1.807) is 24.1 Å². The van der Waals surface area contributed by atoms with Gasteiger partial charge >= 0.3 is 5.97 Å². The third-order valence-corrected chi connectivity index (χ3v) is 3.30. The molecule has 0 unspecified atom stereocenters. The number of hydrogen-bond donors (Lipinski definition) is 1. The van der Waals surface area contributed by atoms with Crippen LogP contribution in [-0.2, 0) is 4.79 Å². The molecular weight excluding hydrogens is 266 g/mol. The van der Waals surface area contributed by atoms with Crippen LogP contribution in [-0.4, -0.2) is 35.5 Å². The SMILES string of the molecule is Cc1ccc(C=CC(=O)O)cc1C(=O)N(C)CCC(C)C. The molecule has 0 fully saturated rings. The molecule has 1 amide bonds. The first-order chi connectivity index (χ1) is 9.81. The monoisotopic (exact) mass is 289 g/mol. The number of aliphatic carboxylic acids is 1. The van der Waals surface area contributed by atoms with Gasteiger partial charge in [0.1, 0.15) is 0 Å². The quantitative estimate of drug-likeness (QED) is 0.818. The highest BCUT2D eigenvalue weighted by Crippen LogP contribution is 2.15. The first-order valence-corrected chi connectivity index (χ1v) is 7.08. The van der Waals surface area contributed by atoms with E-state index >= 15 is 0 Å². The van der Waals surface area contributed by atoms with Gasteiger partial charge in [-0.25, -0.2) is 4.79 Å². The number of carbonyl (C=O) groups excluding carboxylic acids is 1. The van der Waals surface area contributed by atoms with Gasteiger partial charge in [-0.3, -0.25) is 4.79 Å². The van der Waals surface area contributed by atoms with E-state index in [2.05, 4.69) is 13.8 Å². The molecule has 1 aromatic rings. The molecule has 0 aliphatic heterocycles. The Hall–Kier alpha value is -2.10. The Morgan fingerprint density at radius 2 is 2.00 bits per heavy atom. The highest BCUT2D eigenvalue weighted by Gasteiger charge is 2.14. The first-order valence-electron chi connectivity index (χ1n) is 7.08. The van der Waals surface area contributed by atoms with Crippen molar-refractivity contribution < 1.29 is 14.7 Å². The van der Waals surface area contributed by atoms with Gasteiger partial charge in [-0.1, -0.05) is 26.0 Å². The maximum absolute atomic E-state index is 12.5. The predicted octanol–water partition coefficient (Wildman–Crippen LogP) is 3.21. The van der Waals surface area contributed by atoms with E-state index in [1.807, 2.05) is 13.0 Å². The van der Waals surface area contributed by atoms with Crippen LogP contribution < -0.4 is 0 Å². The summed E-state index contributed by atoms with van der Waals surface area (Å²) in [5.74, 6) is -0.484. The van der Waals surface area contributed by atoms with E-state index in [1.165, 1.54) is 6.08 Å². The molecule has 0 atom stereocenters. The predicted molar refractivity (Wildman–Crippen MR) is 84.3 cm³/mol. The highest BCUT2D eigenvalue weighted by molar-refractivity contribution is 5.96. The van der Waals surface area contributed by atoms with Crippen LogP contribution in [0.3, 0.4) is 0 Å². The van der Waals surface area contributed by atoms with E-state index in [0.29, 0.717) is 23.6 Å². The normalized spacial score (nSPS) is 11.1. The molecule has 0 aromatic heterocycles. The van der Waals surface area contributed by atoms with Crippen LogP contribution in [0.5, 0.6) is 0 Å². The number of hydrogen-bond acceptors (Lipinski definition) is 2. The van der Waals surface area contributed by atoms with Crippen LogP contribution in [0.25, 0.3) is 6.08 Å². The molecule has 0 bridgehead atoms. The molecule has 1 aromatic carbocycles. The van der Waals surface area contributed by atoms with E-state index in [4.69, 9.17) is 5.11 Å². The number of aryl methyl sites for hydroxylation is 1. The zero-order valence-corrected chi connectivity index (χ0v) is 13.1. The fourth-order valence-corrected chi connectivity index (χ4v) is 1.90. The Morgan fingerprint density at radius 3 is 2.57 bits per heavy atom. The van der Waals surface area contributed by atoms with Crippen LogP contribution in [0, 0.1) is 12.8 Å². The third kappa shape index (κ3) is 5.42. The minimum Gasteiger partial charge on any atom is -0.478 e. The molecule has 1 rings (SSSR count). The van der Waals surface area contributed by atoms with Crippen molar-refractivity contribution in [2.45, 2.75) is 27.2 Å². The van der Waals surface area contributed by atoms with Crippen LogP contribution in [0.15, 0.2) is 24.3 Å². The van der Waals surface area contributed by atoms with Gasteiger partial charge < -0.3 is 10.0 Å². The second kappa shape index (κ2) is 7.62. The van der Waals surface area contributed by atoms with Gasteiger partial charge in [-0.15, -0.1) is 0 Å². The third-order valence-electron chi connectivity index (χ3n) is 3.30. The Bertz CT molecular complexity index is 547. The number of carboxylic acid groups (broad SMARTS) is 1. The summed E-state index contributed by atoms with van der Waals surface area (Å²) in [7, 11) is 1.80. The van der Waals surface area contributed by atoms with E-state index in [0.717, 1.165) is 18.1 Å². The summed E-state index contributed by atoms with van der Waals surface area (Å²) in [5, 5.41) is 8.66. The van der Waals surface area contributed by atoms with E-state index in [-0.39, 0.29) is 5.91 Å². The molecular formula is C17H23NO3. The maximum Gasteiger partial charge on any atom is 0.328 e. The molecule has 21 heavy (non-hydrogen) atoms. The van der Waals surface area contributed by atoms with Gasteiger partial charge in [0, 0.05) is 25.2 Å². The van der Waals surface area contributed by atoms with Crippen molar-refractivity contribution in [2.24, 2.45) is 5.92 Å². The second-order valence-electron chi connectivity index (χ2n) is 5.66. The molecule has 0 heterocycles. The van der Waals surface area contributed by atoms with Gasteiger partial charge in [0.15, 0.2) is 0 Å². The van der Waals surface area contributed by atoms with Crippen molar-refractivity contribution in [3.63, 3.8) is 0 Å². The fourth-order valence-electron chi connectivity index (χ4n) is 1.90. The summed E-state index contributed by atoms with van der Waals surface area (Å²) in [6.45, 7) is 6.85. The first kappa shape index (κ1) is 17.0. The number of amides is 1. The number of carboxylic acids is 1. The Balaban J connectivity index is 2.92. The van der Waals surface area contributed by atoms with E-state index < -0.39 is 5.97 Å². The number of nitrogens with zero attached hydrogens (tertiary/aromatic N) is 1. The molecule has 114 valence electrons. The fraction of sp³-hybridized carbons (Fsp3) is 0.412. The summed E-state index contributed by atoms with van der Waals surface area (Å²) in [5.41, 5.74) is 2.22. The van der Waals surface area contributed by atoms with Gasteiger partial charge in [0.2, 0.25) is 0 Å². The highest BCUT2D eigenvalue weighted by atomic mass is 16.4.